The van der Waals surface area contributed by atoms with E-state index >= 15 is 0 Å². The molecule has 0 aliphatic heterocycles. The van der Waals surface area contributed by atoms with E-state index in [-0.39, 0.29) is 0 Å². The topological polar surface area (TPSA) is 64.5 Å². The van der Waals surface area contributed by atoms with Gasteiger partial charge in [0, 0.05) is 11.1 Å². The summed E-state index contributed by atoms with van der Waals surface area (Å²) in [6.07, 6.45) is 0. The molecule has 0 aliphatic rings. The van der Waals surface area contributed by atoms with E-state index in [0.29, 0.717) is 23.2 Å². The van der Waals surface area contributed by atoms with E-state index in [1.807, 2.05) is 20.8 Å². The van der Waals surface area contributed by atoms with Crippen LogP contribution in [0.1, 0.15) is 72.7 Å². The lowest BCUT2D eigenvalue weighted by atomic mass is 9.88. The Morgan fingerprint density at radius 2 is 0.568 bits per heavy atom. The van der Waals surface area contributed by atoms with E-state index in [4.69, 9.17) is 24.9 Å². The van der Waals surface area contributed by atoms with Crippen molar-refractivity contribution in [2.75, 3.05) is 0 Å². The Kier molecular flexibility index (Phi) is 6.78. The second-order valence-corrected chi connectivity index (χ2v) is 10.6. The van der Waals surface area contributed by atoms with Gasteiger partial charge < -0.3 is 0 Å². The van der Waals surface area contributed by atoms with E-state index in [0.717, 1.165) is 28.2 Å². The van der Waals surface area contributed by atoms with Crippen LogP contribution in [0.4, 0.5) is 0 Å². The van der Waals surface area contributed by atoms with Crippen LogP contribution in [0.2, 0.25) is 0 Å². The standard InChI is InChI=1S/C32H39N5/c1-14-16(3)20(7)27(21(8)17(14)4)30-35-31(28-22(9)18(5)15(2)19(6)23(28)10)37-32(36-30)29-26(13)33-24(11)25(12)34-29/h1-13H3. The second kappa shape index (κ2) is 9.44. The van der Waals surface area contributed by atoms with Crippen molar-refractivity contribution in [3.8, 4) is 34.3 Å². The zero-order valence-corrected chi connectivity index (χ0v) is 24.7. The molecule has 4 aromatic rings. The molecule has 0 saturated heterocycles. The highest BCUT2D eigenvalue weighted by Crippen LogP contribution is 2.37. The Morgan fingerprint density at radius 1 is 0.270 bits per heavy atom. The SMILES string of the molecule is Cc1nc(C)c(-c2nc(-c3c(C)c(C)c(C)c(C)c3C)nc(-c3c(C)c(C)c(C)c(C)c3C)n2)nc1C. The van der Waals surface area contributed by atoms with Crippen molar-refractivity contribution >= 4 is 0 Å². The van der Waals surface area contributed by atoms with Crippen LogP contribution in [0, 0.1) is 90.0 Å². The molecule has 0 amide bonds. The number of nitrogens with zero attached hydrogens (tertiary/aromatic N) is 5. The third-order valence-corrected chi connectivity index (χ3v) is 8.78. The van der Waals surface area contributed by atoms with Gasteiger partial charge in [-0.3, -0.25) is 4.98 Å². The first-order chi connectivity index (χ1) is 17.3. The van der Waals surface area contributed by atoms with E-state index in [9.17, 15) is 0 Å². The molecule has 2 heterocycles. The maximum atomic E-state index is 5.17. The van der Waals surface area contributed by atoms with Gasteiger partial charge in [-0.05, 0) is 146 Å². The number of hydrogen-bond donors (Lipinski definition) is 0. The minimum Gasteiger partial charge on any atom is -0.254 e. The molecule has 4 rings (SSSR count). The van der Waals surface area contributed by atoms with Crippen LogP contribution in [0.5, 0.6) is 0 Å². The molecule has 0 radical (unpaired) electrons. The van der Waals surface area contributed by atoms with E-state index in [1.54, 1.807) is 0 Å². The summed E-state index contributed by atoms with van der Waals surface area (Å²) in [7, 11) is 0. The molecule has 5 heteroatoms. The molecule has 0 bridgehead atoms. The third kappa shape index (κ3) is 4.24. The molecule has 0 saturated carbocycles. The molecule has 2 aromatic heterocycles. The molecule has 0 unspecified atom stereocenters. The number of rotatable bonds is 3. The van der Waals surface area contributed by atoms with Crippen molar-refractivity contribution in [1.29, 1.82) is 0 Å². The summed E-state index contributed by atoms with van der Waals surface area (Å²) in [6.45, 7) is 27.8. The quantitative estimate of drug-likeness (QED) is 0.293. The van der Waals surface area contributed by atoms with Gasteiger partial charge in [-0.2, -0.15) is 0 Å². The van der Waals surface area contributed by atoms with Gasteiger partial charge >= 0.3 is 0 Å². The van der Waals surface area contributed by atoms with Crippen molar-refractivity contribution in [1.82, 2.24) is 24.9 Å². The monoisotopic (exact) mass is 493 g/mol. The highest BCUT2D eigenvalue weighted by Gasteiger charge is 2.23. The predicted octanol–water partition coefficient (Wildman–Crippen LogP) is 7.67. The Morgan fingerprint density at radius 3 is 0.946 bits per heavy atom. The summed E-state index contributed by atoms with van der Waals surface area (Å²) in [6, 6.07) is 0. The van der Waals surface area contributed by atoms with Crippen LogP contribution < -0.4 is 0 Å². The van der Waals surface area contributed by atoms with Crippen molar-refractivity contribution in [2.24, 2.45) is 0 Å². The van der Waals surface area contributed by atoms with Crippen LogP contribution in [0.15, 0.2) is 0 Å². The second-order valence-electron chi connectivity index (χ2n) is 10.6. The van der Waals surface area contributed by atoms with Gasteiger partial charge in [0.05, 0.1) is 17.1 Å². The Bertz CT molecular complexity index is 1450. The normalized spacial score (nSPS) is 11.4. The van der Waals surface area contributed by atoms with Crippen molar-refractivity contribution in [3.63, 3.8) is 0 Å². The molecule has 0 fully saturated rings. The van der Waals surface area contributed by atoms with E-state index in [2.05, 4.69) is 69.2 Å². The molecular formula is C32H39N5. The first-order valence-electron chi connectivity index (χ1n) is 13.0. The predicted molar refractivity (Wildman–Crippen MR) is 153 cm³/mol. The van der Waals surface area contributed by atoms with Gasteiger partial charge in [-0.25, -0.2) is 19.9 Å². The fourth-order valence-corrected chi connectivity index (χ4v) is 5.30. The molecule has 0 N–H and O–H groups in total. The third-order valence-electron chi connectivity index (χ3n) is 8.78. The maximum Gasteiger partial charge on any atom is 0.184 e. The molecule has 2 aromatic carbocycles. The average Bonchev–Trinajstić information content (AvgIpc) is 2.86. The summed E-state index contributed by atoms with van der Waals surface area (Å²) in [4.78, 5) is 24.9. The number of benzene rings is 2. The lowest BCUT2D eigenvalue weighted by molar-refractivity contribution is 0.974. The molecule has 0 atom stereocenters. The van der Waals surface area contributed by atoms with Gasteiger partial charge in [0.15, 0.2) is 17.5 Å². The lowest BCUT2D eigenvalue weighted by Gasteiger charge is -2.21. The molecular weight excluding hydrogens is 454 g/mol. The Hall–Kier alpha value is -3.47. The fraction of sp³-hybridized carbons (Fsp3) is 0.406. The summed E-state index contributed by atoms with van der Waals surface area (Å²) < 4.78 is 0. The van der Waals surface area contributed by atoms with Crippen LogP contribution in [-0.2, 0) is 0 Å². The molecule has 192 valence electrons. The van der Waals surface area contributed by atoms with Crippen molar-refractivity contribution in [2.45, 2.75) is 90.0 Å². The number of hydrogen-bond acceptors (Lipinski definition) is 5. The van der Waals surface area contributed by atoms with Gasteiger partial charge in [0.25, 0.3) is 0 Å². The molecule has 0 aliphatic carbocycles. The minimum absolute atomic E-state index is 0.567. The van der Waals surface area contributed by atoms with Gasteiger partial charge in [0.1, 0.15) is 5.69 Å². The summed E-state index contributed by atoms with van der Waals surface area (Å²) in [5.74, 6) is 1.95. The minimum atomic E-state index is 0.567. The van der Waals surface area contributed by atoms with E-state index < -0.39 is 0 Å². The highest BCUT2D eigenvalue weighted by atomic mass is 15.1. The van der Waals surface area contributed by atoms with Crippen molar-refractivity contribution in [3.05, 3.63) is 72.7 Å². The molecule has 0 spiro atoms. The van der Waals surface area contributed by atoms with Gasteiger partial charge in [0.2, 0.25) is 0 Å². The summed E-state index contributed by atoms with van der Waals surface area (Å²) >= 11 is 0. The highest BCUT2D eigenvalue weighted by molar-refractivity contribution is 5.76. The van der Waals surface area contributed by atoms with Crippen LogP contribution >= 0.6 is 0 Å². The molecule has 37 heavy (non-hydrogen) atoms. The van der Waals surface area contributed by atoms with Crippen LogP contribution in [-0.4, -0.2) is 24.9 Å². The van der Waals surface area contributed by atoms with Gasteiger partial charge in [-0.1, -0.05) is 0 Å². The maximum absolute atomic E-state index is 5.17. The Balaban J connectivity index is 2.16. The smallest absolute Gasteiger partial charge is 0.184 e. The molecule has 5 nitrogen and oxygen atoms in total. The zero-order chi connectivity index (χ0) is 27.5. The average molecular weight is 494 g/mol. The lowest BCUT2D eigenvalue weighted by Crippen LogP contribution is -2.09. The summed E-state index contributed by atoms with van der Waals surface area (Å²) in [5.41, 5.74) is 18.1. The van der Waals surface area contributed by atoms with Crippen LogP contribution in [0.25, 0.3) is 34.3 Å². The summed E-state index contributed by atoms with van der Waals surface area (Å²) in [5, 5.41) is 0. The van der Waals surface area contributed by atoms with E-state index in [1.165, 1.54) is 55.6 Å². The first kappa shape index (κ1) is 26.6. The zero-order valence-electron chi connectivity index (χ0n) is 24.7. The van der Waals surface area contributed by atoms with Crippen LogP contribution in [0.3, 0.4) is 0 Å². The fourth-order valence-electron chi connectivity index (χ4n) is 5.30. The largest absolute Gasteiger partial charge is 0.254 e. The van der Waals surface area contributed by atoms with Crippen molar-refractivity contribution < 1.29 is 0 Å². The Labute approximate surface area is 221 Å². The number of aromatic nitrogens is 5. The van der Waals surface area contributed by atoms with Gasteiger partial charge in [-0.15, -0.1) is 0 Å². The first-order valence-corrected chi connectivity index (χ1v) is 13.0. The number of aryl methyl sites for hydroxylation is 3.